The first-order valence-corrected chi connectivity index (χ1v) is 8.23. The van der Waals surface area contributed by atoms with Crippen molar-refractivity contribution in [2.45, 2.75) is 45.6 Å². The van der Waals surface area contributed by atoms with Crippen LogP contribution in [0.1, 0.15) is 51.2 Å². The van der Waals surface area contributed by atoms with Crippen LogP contribution in [0.5, 0.6) is 0 Å². The molecule has 1 unspecified atom stereocenters. The van der Waals surface area contributed by atoms with E-state index in [0.717, 1.165) is 6.42 Å². The van der Waals surface area contributed by atoms with Crippen LogP contribution in [0.3, 0.4) is 0 Å². The first-order valence-electron chi connectivity index (χ1n) is 7.42. The van der Waals surface area contributed by atoms with E-state index in [1.54, 1.807) is 0 Å². The molecule has 1 aliphatic rings. The van der Waals surface area contributed by atoms with Gasteiger partial charge in [0.15, 0.2) is 0 Å². The molecule has 0 saturated heterocycles. The molecule has 1 aromatic carbocycles. The minimum Gasteiger partial charge on any atom is -0.307 e. The van der Waals surface area contributed by atoms with Crippen LogP contribution in [-0.2, 0) is 12.8 Å². The van der Waals surface area contributed by atoms with E-state index in [2.05, 4.69) is 37.4 Å². The summed E-state index contributed by atoms with van der Waals surface area (Å²) in [6.45, 7) is 4.34. The Morgan fingerprint density at radius 3 is 2.70 bits per heavy atom. The number of aryl methyl sites for hydroxylation is 4. The molecule has 1 atom stereocenters. The van der Waals surface area contributed by atoms with E-state index in [9.17, 15) is 0 Å². The summed E-state index contributed by atoms with van der Waals surface area (Å²) in [5.41, 5.74) is 5.36. The molecule has 106 valence electrons. The van der Waals surface area contributed by atoms with Crippen molar-refractivity contribution in [3.63, 3.8) is 0 Å². The summed E-state index contributed by atoms with van der Waals surface area (Å²) in [7, 11) is 2.03. The SMILES string of the molecule is CNC(c1nc2c(s1)CCCC2)c1ccc(C)cc1C. The third kappa shape index (κ3) is 2.52. The summed E-state index contributed by atoms with van der Waals surface area (Å²) in [6.07, 6.45) is 5.00. The van der Waals surface area contributed by atoms with Crippen LogP contribution in [0.25, 0.3) is 0 Å². The Kier molecular flexibility index (Phi) is 3.90. The number of aromatic nitrogens is 1. The lowest BCUT2D eigenvalue weighted by molar-refractivity contribution is 0.659. The normalized spacial score (nSPS) is 15.9. The molecule has 0 spiro atoms. The fourth-order valence-electron chi connectivity index (χ4n) is 3.06. The molecule has 0 saturated carbocycles. The van der Waals surface area contributed by atoms with Gasteiger partial charge in [0.2, 0.25) is 0 Å². The van der Waals surface area contributed by atoms with Gasteiger partial charge in [0.25, 0.3) is 0 Å². The second kappa shape index (κ2) is 5.66. The van der Waals surface area contributed by atoms with E-state index < -0.39 is 0 Å². The minimum atomic E-state index is 0.228. The van der Waals surface area contributed by atoms with Gasteiger partial charge in [-0.25, -0.2) is 4.98 Å². The lowest BCUT2D eigenvalue weighted by Crippen LogP contribution is -2.18. The van der Waals surface area contributed by atoms with Crippen molar-refractivity contribution in [3.05, 3.63) is 50.5 Å². The van der Waals surface area contributed by atoms with E-state index >= 15 is 0 Å². The van der Waals surface area contributed by atoms with Gasteiger partial charge in [-0.2, -0.15) is 0 Å². The third-order valence-electron chi connectivity index (χ3n) is 4.13. The molecule has 20 heavy (non-hydrogen) atoms. The highest BCUT2D eigenvalue weighted by Crippen LogP contribution is 2.33. The number of nitrogens with zero attached hydrogens (tertiary/aromatic N) is 1. The Hall–Kier alpha value is -1.19. The van der Waals surface area contributed by atoms with Crippen molar-refractivity contribution < 1.29 is 0 Å². The Bertz CT molecular complexity index is 592. The van der Waals surface area contributed by atoms with Gasteiger partial charge in [0, 0.05) is 4.88 Å². The number of hydrogen-bond donors (Lipinski definition) is 1. The number of nitrogens with one attached hydrogen (secondary N) is 1. The molecule has 2 nitrogen and oxygen atoms in total. The number of fused-ring (bicyclic) bond motifs is 1. The van der Waals surface area contributed by atoms with Crippen LogP contribution < -0.4 is 5.32 Å². The minimum absolute atomic E-state index is 0.228. The summed E-state index contributed by atoms with van der Waals surface area (Å²) >= 11 is 1.90. The van der Waals surface area contributed by atoms with Crippen LogP contribution in [0.4, 0.5) is 0 Å². The van der Waals surface area contributed by atoms with Crippen LogP contribution in [-0.4, -0.2) is 12.0 Å². The van der Waals surface area contributed by atoms with Gasteiger partial charge in [0.1, 0.15) is 5.01 Å². The number of benzene rings is 1. The molecule has 0 aliphatic heterocycles. The summed E-state index contributed by atoms with van der Waals surface area (Å²) < 4.78 is 0. The predicted octanol–water partition coefficient (Wildman–Crippen LogP) is 3.95. The summed E-state index contributed by atoms with van der Waals surface area (Å²) in [5.74, 6) is 0. The Labute approximate surface area is 125 Å². The van der Waals surface area contributed by atoms with Crippen molar-refractivity contribution in [3.8, 4) is 0 Å². The Balaban J connectivity index is 1.98. The monoisotopic (exact) mass is 286 g/mol. The maximum atomic E-state index is 4.92. The zero-order valence-corrected chi connectivity index (χ0v) is 13.3. The molecule has 1 aliphatic carbocycles. The first-order chi connectivity index (χ1) is 9.69. The van der Waals surface area contributed by atoms with Gasteiger partial charge in [-0.05, 0) is 57.7 Å². The number of thiazole rings is 1. The van der Waals surface area contributed by atoms with Gasteiger partial charge in [-0.15, -0.1) is 11.3 Å². The lowest BCUT2D eigenvalue weighted by atomic mass is 9.99. The summed E-state index contributed by atoms with van der Waals surface area (Å²) in [6, 6.07) is 6.92. The topological polar surface area (TPSA) is 24.9 Å². The van der Waals surface area contributed by atoms with Crippen molar-refractivity contribution >= 4 is 11.3 Å². The summed E-state index contributed by atoms with van der Waals surface area (Å²) in [5, 5.41) is 4.68. The van der Waals surface area contributed by atoms with Crippen molar-refractivity contribution in [2.24, 2.45) is 0 Å². The van der Waals surface area contributed by atoms with Crippen LogP contribution in [0.2, 0.25) is 0 Å². The molecule has 1 aromatic heterocycles. The highest BCUT2D eigenvalue weighted by molar-refractivity contribution is 7.11. The molecule has 1 N–H and O–H groups in total. The van der Waals surface area contributed by atoms with E-state index in [0.29, 0.717) is 0 Å². The molecule has 0 fully saturated rings. The van der Waals surface area contributed by atoms with E-state index in [1.807, 2.05) is 18.4 Å². The molecular weight excluding hydrogens is 264 g/mol. The van der Waals surface area contributed by atoms with Gasteiger partial charge in [-0.1, -0.05) is 23.8 Å². The van der Waals surface area contributed by atoms with E-state index in [-0.39, 0.29) is 6.04 Å². The largest absolute Gasteiger partial charge is 0.307 e. The Morgan fingerprint density at radius 2 is 2.00 bits per heavy atom. The average molecular weight is 286 g/mol. The molecule has 0 radical (unpaired) electrons. The van der Waals surface area contributed by atoms with Crippen molar-refractivity contribution in [2.75, 3.05) is 7.05 Å². The molecule has 1 heterocycles. The number of rotatable bonds is 3. The molecule has 3 heteroatoms. The van der Waals surface area contributed by atoms with E-state index in [4.69, 9.17) is 4.98 Å². The first kappa shape index (κ1) is 13.8. The third-order valence-corrected chi connectivity index (χ3v) is 5.36. The average Bonchev–Trinajstić information content (AvgIpc) is 2.85. The van der Waals surface area contributed by atoms with E-state index in [1.165, 1.54) is 51.5 Å². The standard InChI is InChI=1S/C17H22N2S/c1-11-8-9-13(12(2)10-11)16(18-3)17-19-14-6-4-5-7-15(14)20-17/h8-10,16,18H,4-7H2,1-3H3. The Morgan fingerprint density at radius 1 is 1.20 bits per heavy atom. The second-order valence-corrected chi connectivity index (χ2v) is 6.83. The van der Waals surface area contributed by atoms with Gasteiger partial charge < -0.3 is 5.32 Å². The maximum absolute atomic E-state index is 4.92. The van der Waals surface area contributed by atoms with Crippen LogP contribution in [0, 0.1) is 13.8 Å². The van der Waals surface area contributed by atoms with Crippen LogP contribution >= 0.6 is 11.3 Å². The summed E-state index contributed by atoms with van der Waals surface area (Å²) in [4.78, 5) is 6.43. The second-order valence-electron chi connectivity index (χ2n) is 5.71. The maximum Gasteiger partial charge on any atom is 0.115 e. The highest BCUT2D eigenvalue weighted by Gasteiger charge is 2.22. The highest BCUT2D eigenvalue weighted by atomic mass is 32.1. The van der Waals surface area contributed by atoms with Gasteiger partial charge in [0.05, 0.1) is 11.7 Å². The van der Waals surface area contributed by atoms with Crippen LogP contribution in [0.15, 0.2) is 18.2 Å². The smallest absolute Gasteiger partial charge is 0.115 e. The number of hydrogen-bond acceptors (Lipinski definition) is 3. The molecular formula is C17H22N2S. The van der Waals surface area contributed by atoms with Crippen molar-refractivity contribution in [1.82, 2.24) is 10.3 Å². The molecule has 0 bridgehead atoms. The molecule has 2 aromatic rings. The fraction of sp³-hybridized carbons (Fsp3) is 0.471. The van der Waals surface area contributed by atoms with Gasteiger partial charge in [-0.3, -0.25) is 0 Å². The quantitative estimate of drug-likeness (QED) is 0.924. The predicted molar refractivity (Wildman–Crippen MR) is 85.6 cm³/mol. The zero-order chi connectivity index (χ0) is 14.1. The van der Waals surface area contributed by atoms with Gasteiger partial charge >= 0.3 is 0 Å². The molecule has 3 rings (SSSR count). The zero-order valence-electron chi connectivity index (χ0n) is 12.5. The molecule has 0 amide bonds. The van der Waals surface area contributed by atoms with Crippen molar-refractivity contribution in [1.29, 1.82) is 0 Å². The fourth-order valence-corrected chi connectivity index (χ4v) is 4.34. The lowest BCUT2D eigenvalue weighted by Gasteiger charge is -2.17.